The maximum absolute atomic E-state index is 13.5. The topological polar surface area (TPSA) is 3.24 Å². The molecule has 1 heterocycles. The minimum Gasteiger partial charge on any atom is -0.368 e. The minimum atomic E-state index is -0.131. The van der Waals surface area contributed by atoms with E-state index in [0.29, 0.717) is 0 Å². The molecule has 0 aromatic heterocycles. The number of hydrogen-bond acceptors (Lipinski definition) is 1. The number of nitrogens with zero attached hydrogens (tertiary/aromatic N) is 1. The van der Waals surface area contributed by atoms with Gasteiger partial charge in [0.2, 0.25) is 0 Å². The Morgan fingerprint density at radius 2 is 2.21 bits per heavy atom. The molecule has 0 saturated carbocycles. The number of anilines is 1. The summed E-state index contributed by atoms with van der Waals surface area (Å²) in [5.74, 6) is 0.618. The first-order valence-electron chi connectivity index (χ1n) is 4.90. The van der Waals surface area contributed by atoms with Gasteiger partial charge in [0.05, 0.1) is 5.69 Å². The second kappa shape index (κ2) is 3.89. The fourth-order valence-electron chi connectivity index (χ4n) is 1.76. The Morgan fingerprint density at radius 1 is 1.50 bits per heavy atom. The molecule has 0 spiro atoms. The van der Waals surface area contributed by atoms with Crippen LogP contribution in [-0.2, 0) is 0 Å². The zero-order chi connectivity index (χ0) is 10.1. The van der Waals surface area contributed by atoms with Crippen LogP contribution in [0.5, 0.6) is 0 Å². The van der Waals surface area contributed by atoms with E-state index in [1.165, 1.54) is 12.5 Å². The molecule has 1 fully saturated rings. The van der Waals surface area contributed by atoms with Crippen LogP contribution < -0.4 is 4.90 Å². The highest BCUT2D eigenvalue weighted by atomic mass is 79.9. The standard InChI is InChI=1S/C11H13BrFN/c1-2-8-6-14(7-8)11-4-3-9(12)5-10(11)13/h3-5,8H,2,6-7H2,1H3. The van der Waals surface area contributed by atoms with E-state index in [1.807, 2.05) is 12.1 Å². The summed E-state index contributed by atoms with van der Waals surface area (Å²) >= 11 is 3.25. The van der Waals surface area contributed by atoms with Gasteiger partial charge in [-0.25, -0.2) is 4.39 Å². The van der Waals surface area contributed by atoms with Crippen molar-refractivity contribution in [3.63, 3.8) is 0 Å². The minimum absolute atomic E-state index is 0.131. The molecule has 0 atom stereocenters. The Balaban J connectivity index is 2.11. The smallest absolute Gasteiger partial charge is 0.147 e. The lowest BCUT2D eigenvalue weighted by molar-refractivity contribution is 0.393. The fraction of sp³-hybridized carbons (Fsp3) is 0.455. The zero-order valence-corrected chi connectivity index (χ0v) is 9.72. The third-order valence-corrected chi connectivity index (χ3v) is 3.28. The molecule has 1 saturated heterocycles. The molecular weight excluding hydrogens is 245 g/mol. The summed E-state index contributed by atoms with van der Waals surface area (Å²) in [7, 11) is 0. The Hall–Kier alpha value is -0.570. The van der Waals surface area contributed by atoms with Crippen LogP contribution in [-0.4, -0.2) is 13.1 Å². The molecule has 0 amide bonds. The molecule has 76 valence electrons. The Kier molecular flexibility index (Phi) is 2.77. The van der Waals surface area contributed by atoms with E-state index in [0.717, 1.165) is 29.2 Å². The summed E-state index contributed by atoms with van der Waals surface area (Å²) in [6, 6.07) is 5.25. The van der Waals surface area contributed by atoms with Crippen molar-refractivity contribution in [2.45, 2.75) is 13.3 Å². The van der Waals surface area contributed by atoms with Gasteiger partial charge in [0.15, 0.2) is 0 Å². The summed E-state index contributed by atoms with van der Waals surface area (Å²) in [6.07, 6.45) is 1.19. The predicted molar refractivity (Wildman–Crippen MR) is 60.1 cm³/mol. The van der Waals surface area contributed by atoms with Crippen molar-refractivity contribution in [2.75, 3.05) is 18.0 Å². The molecule has 1 aliphatic rings. The van der Waals surface area contributed by atoms with Gasteiger partial charge in [0, 0.05) is 17.6 Å². The molecule has 1 aliphatic heterocycles. The third kappa shape index (κ3) is 1.78. The van der Waals surface area contributed by atoms with Gasteiger partial charge in [-0.2, -0.15) is 0 Å². The van der Waals surface area contributed by atoms with E-state index in [9.17, 15) is 4.39 Å². The molecule has 14 heavy (non-hydrogen) atoms. The average Bonchev–Trinajstić information content (AvgIpc) is 2.06. The first kappa shape index (κ1) is 9.97. The second-order valence-electron chi connectivity index (χ2n) is 3.77. The van der Waals surface area contributed by atoms with Crippen LogP contribution in [0.2, 0.25) is 0 Å². The molecular formula is C11H13BrFN. The number of benzene rings is 1. The lowest BCUT2D eigenvalue weighted by atomic mass is 9.96. The molecule has 2 rings (SSSR count). The van der Waals surface area contributed by atoms with Crippen LogP contribution in [0, 0.1) is 11.7 Å². The number of rotatable bonds is 2. The van der Waals surface area contributed by atoms with Crippen LogP contribution in [0.1, 0.15) is 13.3 Å². The van der Waals surface area contributed by atoms with Crippen LogP contribution in [0.25, 0.3) is 0 Å². The van der Waals surface area contributed by atoms with E-state index < -0.39 is 0 Å². The van der Waals surface area contributed by atoms with Crippen molar-refractivity contribution >= 4 is 21.6 Å². The molecule has 0 bridgehead atoms. The molecule has 0 radical (unpaired) electrons. The highest BCUT2D eigenvalue weighted by Gasteiger charge is 2.26. The summed E-state index contributed by atoms with van der Waals surface area (Å²) in [6.45, 7) is 4.17. The summed E-state index contributed by atoms with van der Waals surface area (Å²) in [4.78, 5) is 2.09. The molecule has 0 unspecified atom stereocenters. The van der Waals surface area contributed by atoms with Gasteiger partial charge in [-0.1, -0.05) is 22.9 Å². The summed E-state index contributed by atoms with van der Waals surface area (Å²) in [5.41, 5.74) is 0.734. The van der Waals surface area contributed by atoms with Crippen LogP contribution >= 0.6 is 15.9 Å². The first-order chi connectivity index (χ1) is 6.70. The Morgan fingerprint density at radius 3 is 2.79 bits per heavy atom. The van der Waals surface area contributed by atoms with Gasteiger partial charge in [0.1, 0.15) is 5.82 Å². The summed E-state index contributed by atoms with van der Waals surface area (Å²) < 4.78 is 14.3. The fourth-order valence-corrected chi connectivity index (χ4v) is 2.10. The van der Waals surface area contributed by atoms with Crippen LogP contribution in [0.15, 0.2) is 22.7 Å². The first-order valence-corrected chi connectivity index (χ1v) is 5.70. The summed E-state index contributed by atoms with van der Waals surface area (Å²) in [5, 5.41) is 0. The second-order valence-corrected chi connectivity index (χ2v) is 4.69. The van der Waals surface area contributed by atoms with Crippen molar-refractivity contribution in [3.8, 4) is 0 Å². The molecule has 3 heteroatoms. The number of halogens is 2. The van der Waals surface area contributed by atoms with Gasteiger partial charge >= 0.3 is 0 Å². The van der Waals surface area contributed by atoms with Crippen molar-refractivity contribution < 1.29 is 4.39 Å². The zero-order valence-electron chi connectivity index (χ0n) is 8.13. The van der Waals surface area contributed by atoms with Gasteiger partial charge < -0.3 is 4.90 Å². The third-order valence-electron chi connectivity index (χ3n) is 2.78. The Labute approximate surface area is 92.0 Å². The van der Waals surface area contributed by atoms with Crippen LogP contribution in [0.4, 0.5) is 10.1 Å². The molecule has 0 aliphatic carbocycles. The van der Waals surface area contributed by atoms with Gasteiger partial charge in [-0.15, -0.1) is 0 Å². The predicted octanol–water partition coefficient (Wildman–Crippen LogP) is 3.43. The highest BCUT2D eigenvalue weighted by Crippen LogP contribution is 2.29. The van der Waals surface area contributed by atoms with E-state index in [1.54, 1.807) is 0 Å². The monoisotopic (exact) mass is 257 g/mol. The van der Waals surface area contributed by atoms with E-state index in [-0.39, 0.29) is 5.82 Å². The SMILES string of the molecule is CCC1CN(c2ccc(Br)cc2F)C1. The molecule has 1 aromatic rings. The van der Waals surface area contributed by atoms with E-state index in [2.05, 4.69) is 27.8 Å². The Bertz CT molecular complexity index is 334. The van der Waals surface area contributed by atoms with Crippen molar-refractivity contribution in [1.82, 2.24) is 0 Å². The quantitative estimate of drug-likeness (QED) is 0.785. The normalized spacial score (nSPS) is 16.9. The largest absolute Gasteiger partial charge is 0.368 e. The maximum Gasteiger partial charge on any atom is 0.147 e. The molecule has 1 aromatic carbocycles. The number of hydrogen-bond donors (Lipinski definition) is 0. The van der Waals surface area contributed by atoms with Gasteiger partial charge in [-0.3, -0.25) is 0 Å². The molecule has 1 nitrogen and oxygen atoms in total. The van der Waals surface area contributed by atoms with Gasteiger partial charge in [0.25, 0.3) is 0 Å². The van der Waals surface area contributed by atoms with Crippen LogP contribution in [0.3, 0.4) is 0 Å². The highest BCUT2D eigenvalue weighted by molar-refractivity contribution is 9.10. The van der Waals surface area contributed by atoms with Gasteiger partial charge in [-0.05, 0) is 30.5 Å². The van der Waals surface area contributed by atoms with Crippen molar-refractivity contribution in [2.24, 2.45) is 5.92 Å². The van der Waals surface area contributed by atoms with E-state index in [4.69, 9.17) is 0 Å². The van der Waals surface area contributed by atoms with Crippen molar-refractivity contribution in [1.29, 1.82) is 0 Å². The van der Waals surface area contributed by atoms with Crippen molar-refractivity contribution in [3.05, 3.63) is 28.5 Å². The molecule has 0 N–H and O–H groups in total. The maximum atomic E-state index is 13.5. The lowest BCUT2D eigenvalue weighted by Gasteiger charge is -2.40. The van der Waals surface area contributed by atoms with E-state index >= 15 is 0 Å². The lowest BCUT2D eigenvalue weighted by Crippen LogP contribution is -2.46. The average molecular weight is 258 g/mol.